The quantitative estimate of drug-likeness (QED) is 0.630. The summed E-state index contributed by atoms with van der Waals surface area (Å²) < 4.78 is 7.95. The van der Waals surface area contributed by atoms with Gasteiger partial charge in [-0.25, -0.2) is 4.98 Å². The zero-order valence-corrected chi connectivity index (χ0v) is 19.6. The van der Waals surface area contributed by atoms with Crippen molar-refractivity contribution < 1.29 is 14.6 Å². The van der Waals surface area contributed by atoms with Gasteiger partial charge < -0.3 is 19.3 Å². The van der Waals surface area contributed by atoms with Crippen molar-refractivity contribution in [3.05, 3.63) is 59.4 Å². The molecule has 6 heteroatoms. The molecule has 0 radical (unpaired) electrons. The minimum Gasteiger partial charge on any atom is -0.491 e. The van der Waals surface area contributed by atoms with E-state index in [1.165, 1.54) is 0 Å². The monoisotopic (exact) mass is 435 g/mol. The number of likely N-dealkylation sites (tertiary alicyclic amines) is 1. The molecule has 0 spiro atoms. The van der Waals surface area contributed by atoms with Crippen molar-refractivity contribution in [1.82, 2.24) is 14.5 Å². The maximum Gasteiger partial charge on any atom is 0.223 e. The Morgan fingerprint density at radius 3 is 2.50 bits per heavy atom. The van der Waals surface area contributed by atoms with Crippen LogP contribution in [0.2, 0.25) is 0 Å². The average Bonchev–Trinajstić information content (AvgIpc) is 3.26. The first-order valence-corrected chi connectivity index (χ1v) is 11.3. The number of ether oxygens (including phenoxy) is 1. The number of hydrogen-bond donors (Lipinski definition) is 1. The number of aromatic nitrogens is 2. The molecule has 3 aromatic rings. The SMILES string of the molecule is Cc1cc(C)cc(OC[C@@H](O)Cn2c([C@@H]3CC(=O)N(C(C)(C)C)C3)nc3ccccc32)c1. The minimum absolute atomic E-state index is 0.00154. The molecule has 170 valence electrons. The lowest BCUT2D eigenvalue weighted by Gasteiger charge is -2.32. The third-order valence-electron chi connectivity index (χ3n) is 6.01. The fourth-order valence-corrected chi connectivity index (χ4v) is 4.60. The van der Waals surface area contributed by atoms with Gasteiger partial charge in [-0.1, -0.05) is 18.2 Å². The highest BCUT2D eigenvalue weighted by Crippen LogP contribution is 2.34. The molecular formula is C26H33N3O3. The van der Waals surface area contributed by atoms with Crippen molar-refractivity contribution >= 4 is 16.9 Å². The van der Waals surface area contributed by atoms with Crippen LogP contribution in [0, 0.1) is 13.8 Å². The van der Waals surface area contributed by atoms with Crippen molar-refractivity contribution in [2.24, 2.45) is 0 Å². The lowest BCUT2D eigenvalue weighted by Crippen LogP contribution is -2.42. The fraction of sp³-hybridized carbons (Fsp3) is 0.462. The third kappa shape index (κ3) is 4.65. The van der Waals surface area contributed by atoms with E-state index in [2.05, 4.69) is 31.4 Å². The van der Waals surface area contributed by atoms with Gasteiger partial charge in [0.25, 0.3) is 0 Å². The standard InChI is InChI=1S/C26H33N3O3/c1-17-10-18(2)12-21(11-17)32-16-20(30)15-28-23-9-7-6-8-22(23)27-25(28)19-13-24(31)29(14-19)26(3,4)5/h6-12,19-20,30H,13-16H2,1-5H3/t19-,20+/m1/s1. The molecule has 1 aliphatic rings. The van der Waals surface area contributed by atoms with E-state index in [0.717, 1.165) is 33.7 Å². The number of para-hydroxylation sites is 2. The van der Waals surface area contributed by atoms with Crippen molar-refractivity contribution in [3.8, 4) is 5.75 Å². The van der Waals surface area contributed by atoms with Crippen molar-refractivity contribution in [1.29, 1.82) is 0 Å². The van der Waals surface area contributed by atoms with Crippen LogP contribution in [-0.2, 0) is 11.3 Å². The van der Waals surface area contributed by atoms with Crippen molar-refractivity contribution in [2.75, 3.05) is 13.2 Å². The van der Waals surface area contributed by atoms with Crippen LogP contribution in [0.5, 0.6) is 5.75 Å². The molecule has 4 rings (SSSR count). The predicted molar refractivity (Wildman–Crippen MR) is 126 cm³/mol. The predicted octanol–water partition coefficient (Wildman–Crippen LogP) is 4.21. The van der Waals surface area contributed by atoms with Gasteiger partial charge in [0.05, 0.1) is 17.6 Å². The van der Waals surface area contributed by atoms with E-state index in [-0.39, 0.29) is 24.0 Å². The van der Waals surface area contributed by atoms with Crippen LogP contribution in [0.25, 0.3) is 11.0 Å². The van der Waals surface area contributed by atoms with E-state index in [4.69, 9.17) is 9.72 Å². The summed E-state index contributed by atoms with van der Waals surface area (Å²) in [6, 6.07) is 14.0. The van der Waals surface area contributed by atoms with Crippen LogP contribution in [0.1, 0.15) is 50.1 Å². The first kappa shape index (κ1) is 22.3. The summed E-state index contributed by atoms with van der Waals surface area (Å²) in [7, 11) is 0. The number of carbonyl (C=O) groups is 1. The number of nitrogens with zero attached hydrogens (tertiary/aromatic N) is 3. The van der Waals surface area contributed by atoms with E-state index in [9.17, 15) is 9.90 Å². The molecule has 6 nitrogen and oxygen atoms in total. The van der Waals surface area contributed by atoms with Crippen LogP contribution in [-0.4, -0.2) is 50.3 Å². The summed E-state index contributed by atoms with van der Waals surface area (Å²) in [5, 5.41) is 10.8. The molecule has 0 saturated carbocycles. The van der Waals surface area contributed by atoms with Gasteiger partial charge in [-0.3, -0.25) is 4.79 Å². The summed E-state index contributed by atoms with van der Waals surface area (Å²) in [5.41, 5.74) is 3.89. The van der Waals surface area contributed by atoms with E-state index in [1.54, 1.807) is 0 Å². The Labute approximate surface area is 189 Å². The Kier molecular flexibility index (Phi) is 5.99. The van der Waals surface area contributed by atoms with Crippen LogP contribution in [0.15, 0.2) is 42.5 Å². The molecule has 2 atom stereocenters. The summed E-state index contributed by atoms with van der Waals surface area (Å²) in [5.74, 6) is 1.78. The number of amides is 1. The molecular weight excluding hydrogens is 402 g/mol. The van der Waals surface area contributed by atoms with E-state index in [0.29, 0.717) is 19.5 Å². The molecule has 32 heavy (non-hydrogen) atoms. The number of aryl methyl sites for hydroxylation is 2. The highest BCUT2D eigenvalue weighted by Gasteiger charge is 2.39. The lowest BCUT2D eigenvalue weighted by atomic mass is 10.1. The van der Waals surface area contributed by atoms with Crippen LogP contribution in [0.4, 0.5) is 0 Å². The largest absolute Gasteiger partial charge is 0.491 e. The number of benzene rings is 2. The van der Waals surface area contributed by atoms with Gasteiger partial charge in [0.1, 0.15) is 24.3 Å². The maximum atomic E-state index is 12.7. The Balaban J connectivity index is 1.56. The molecule has 1 fully saturated rings. The molecule has 1 aliphatic heterocycles. The maximum absolute atomic E-state index is 12.7. The molecule has 2 aromatic carbocycles. The average molecular weight is 436 g/mol. The molecule has 1 saturated heterocycles. The van der Waals surface area contributed by atoms with Crippen LogP contribution < -0.4 is 4.74 Å². The Hall–Kier alpha value is -2.86. The molecule has 1 amide bonds. The highest BCUT2D eigenvalue weighted by atomic mass is 16.5. The van der Waals surface area contributed by atoms with Crippen molar-refractivity contribution in [3.63, 3.8) is 0 Å². The second kappa shape index (κ2) is 8.58. The molecule has 1 N–H and O–H groups in total. The second-order valence-electron chi connectivity index (χ2n) is 9.93. The molecule has 1 aromatic heterocycles. The highest BCUT2D eigenvalue weighted by molar-refractivity contribution is 5.81. The first-order valence-electron chi connectivity index (χ1n) is 11.3. The zero-order chi connectivity index (χ0) is 23.0. The second-order valence-corrected chi connectivity index (χ2v) is 9.93. The van der Waals surface area contributed by atoms with Crippen LogP contribution in [0.3, 0.4) is 0 Å². The van der Waals surface area contributed by atoms with Gasteiger partial charge in [0.2, 0.25) is 5.91 Å². The molecule has 2 heterocycles. The van der Waals surface area contributed by atoms with Crippen LogP contribution >= 0.6 is 0 Å². The summed E-state index contributed by atoms with van der Waals surface area (Å²) in [6.45, 7) is 11.4. The number of rotatable bonds is 6. The van der Waals surface area contributed by atoms with Gasteiger partial charge in [-0.05, 0) is 70.0 Å². The Morgan fingerprint density at radius 1 is 1.16 bits per heavy atom. The smallest absolute Gasteiger partial charge is 0.223 e. The third-order valence-corrected chi connectivity index (χ3v) is 6.01. The normalized spacial score (nSPS) is 17.9. The molecule has 0 aliphatic carbocycles. The number of fused-ring (bicyclic) bond motifs is 1. The topological polar surface area (TPSA) is 67.6 Å². The number of aliphatic hydroxyl groups is 1. The van der Waals surface area contributed by atoms with E-state index < -0.39 is 6.10 Å². The summed E-state index contributed by atoms with van der Waals surface area (Å²) in [6.07, 6.45) is -0.265. The van der Waals surface area contributed by atoms with Gasteiger partial charge in [0.15, 0.2) is 0 Å². The van der Waals surface area contributed by atoms with E-state index in [1.807, 2.05) is 55.1 Å². The Morgan fingerprint density at radius 2 is 1.84 bits per heavy atom. The van der Waals surface area contributed by atoms with Gasteiger partial charge in [-0.2, -0.15) is 0 Å². The molecule has 0 bridgehead atoms. The van der Waals surface area contributed by atoms with E-state index >= 15 is 0 Å². The summed E-state index contributed by atoms with van der Waals surface area (Å²) >= 11 is 0. The van der Waals surface area contributed by atoms with Gasteiger partial charge >= 0.3 is 0 Å². The Bertz CT molecular complexity index is 1110. The van der Waals surface area contributed by atoms with Gasteiger partial charge in [-0.15, -0.1) is 0 Å². The zero-order valence-electron chi connectivity index (χ0n) is 19.6. The van der Waals surface area contributed by atoms with Gasteiger partial charge in [0, 0.05) is 24.4 Å². The number of hydrogen-bond acceptors (Lipinski definition) is 4. The molecule has 0 unspecified atom stereocenters. The summed E-state index contributed by atoms with van der Waals surface area (Å²) in [4.78, 5) is 19.5. The lowest BCUT2D eigenvalue weighted by molar-refractivity contribution is -0.131. The fourth-order valence-electron chi connectivity index (χ4n) is 4.60. The van der Waals surface area contributed by atoms with Crippen molar-refractivity contribution in [2.45, 2.75) is 65.1 Å². The minimum atomic E-state index is -0.706. The number of imidazole rings is 1. The first-order chi connectivity index (χ1) is 15.1. The number of carbonyl (C=O) groups excluding carboxylic acids is 1. The number of aliphatic hydroxyl groups excluding tert-OH is 1.